The molecule has 0 bridgehead atoms. The lowest BCUT2D eigenvalue weighted by Gasteiger charge is -2.37. The summed E-state index contributed by atoms with van der Waals surface area (Å²) in [5.74, 6) is -0.0809. The van der Waals surface area contributed by atoms with Crippen LogP contribution in [0.15, 0.2) is 41.3 Å². The number of aromatic amines is 1. The molecule has 0 aliphatic carbocycles. The quantitative estimate of drug-likeness (QED) is 0.660. The first kappa shape index (κ1) is 18.5. The van der Waals surface area contributed by atoms with Crippen LogP contribution in [-0.2, 0) is 4.79 Å². The Bertz CT molecular complexity index is 1070. The summed E-state index contributed by atoms with van der Waals surface area (Å²) < 4.78 is 0. The molecule has 1 amide bonds. The molecule has 3 aromatic rings. The monoisotopic (exact) mass is 380 g/mol. The second kappa shape index (κ2) is 7.67. The second-order valence-corrected chi connectivity index (χ2v) is 7.25. The van der Waals surface area contributed by atoms with E-state index in [0.29, 0.717) is 28.7 Å². The Morgan fingerprint density at radius 2 is 1.89 bits per heavy atom. The van der Waals surface area contributed by atoms with Crippen LogP contribution in [0.4, 0.5) is 5.69 Å². The van der Waals surface area contributed by atoms with Gasteiger partial charge in [-0.15, -0.1) is 0 Å². The van der Waals surface area contributed by atoms with E-state index in [4.69, 9.17) is 0 Å². The van der Waals surface area contributed by atoms with Crippen LogP contribution in [0.25, 0.3) is 21.8 Å². The Morgan fingerprint density at radius 3 is 2.61 bits per heavy atom. The van der Waals surface area contributed by atoms with Crippen molar-refractivity contribution in [2.45, 2.75) is 0 Å². The molecule has 8 heteroatoms. The molecule has 0 spiro atoms. The first-order valence-corrected chi connectivity index (χ1v) is 9.36. The molecular weight excluding hydrogens is 356 g/mol. The van der Waals surface area contributed by atoms with Crippen molar-refractivity contribution in [3.63, 3.8) is 0 Å². The van der Waals surface area contributed by atoms with Crippen LogP contribution in [-0.4, -0.2) is 77.6 Å². The lowest BCUT2D eigenvalue weighted by Crippen LogP contribution is -2.52. The molecule has 1 aliphatic rings. The standard InChI is InChI=1S/C20H24N6O2/c1-24(2)26-9-7-25(8-10-26)13-18(27)22-14-11-17-19(21-12-14)15-5-3-4-6-16(15)20(28)23-17/h3-6,11-12H,7-10,13H2,1-2H3,(H,22,27)(H,23,28). The maximum Gasteiger partial charge on any atom is 0.256 e. The number of amides is 1. The van der Waals surface area contributed by atoms with Crippen molar-refractivity contribution in [2.24, 2.45) is 0 Å². The zero-order valence-corrected chi connectivity index (χ0v) is 16.1. The Balaban J connectivity index is 1.47. The third kappa shape index (κ3) is 3.75. The molecule has 3 heterocycles. The van der Waals surface area contributed by atoms with Gasteiger partial charge in [-0.25, -0.2) is 10.0 Å². The Hall–Kier alpha value is -2.81. The molecule has 1 aromatic carbocycles. The van der Waals surface area contributed by atoms with Gasteiger partial charge in [-0.1, -0.05) is 18.2 Å². The predicted octanol–water partition coefficient (Wildman–Crippen LogP) is 1.11. The Morgan fingerprint density at radius 1 is 1.18 bits per heavy atom. The van der Waals surface area contributed by atoms with Gasteiger partial charge in [0.1, 0.15) is 0 Å². The van der Waals surface area contributed by atoms with E-state index in [1.807, 2.05) is 32.3 Å². The number of fused-ring (bicyclic) bond motifs is 3. The molecular formula is C20H24N6O2. The van der Waals surface area contributed by atoms with Crippen LogP contribution < -0.4 is 10.9 Å². The fourth-order valence-electron chi connectivity index (χ4n) is 3.62. The summed E-state index contributed by atoms with van der Waals surface area (Å²) >= 11 is 0. The number of benzene rings is 1. The Kier molecular flexibility index (Phi) is 5.08. The number of piperazine rings is 1. The molecule has 0 unspecified atom stereocenters. The SMILES string of the molecule is CN(C)N1CCN(CC(=O)Nc2cnc3c(c2)[nH]c(=O)c2ccccc23)CC1. The van der Waals surface area contributed by atoms with E-state index in [-0.39, 0.29) is 11.5 Å². The number of hydrazine groups is 1. The second-order valence-electron chi connectivity index (χ2n) is 7.25. The number of H-pyrrole nitrogens is 1. The molecule has 2 N–H and O–H groups in total. The van der Waals surface area contributed by atoms with Crippen molar-refractivity contribution in [3.05, 3.63) is 46.9 Å². The third-order valence-electron chi connectivity index (χ3n) is 5.13. The minimum atomic E-state index is -0.160. The maximum absolute atomic E-state index is 12.4. The molecule has 1 aliphatic heterocycles. The summed E-state index contributed by atoms with van der Waals surface area (Å²) in [5, 5.41) is 8.64. The van der Waals surface area contributed by atoms with Gasteiger partial charge in [0.15, 0.2) is 0 Å². The lowest BCUT2D eigenvalue weighted by atomic mass is 10.1. The molecule has 2 aromatic heterocycles. The first-order chi connectivity index (χ1) is 13.5. The largest absolute Gasteiger partial charge is 0.324 e. The fraction of sp³-hybridized carbons (Fsp3) is 0.350. The minimum Gasteiger partial charge on any atom is -0.324 e. The molecule has 4 rings (SSSR count). The van der Waals surface area contributed by atoms with Crippen molar-refractivity contribution in [3.8, 4) is 0 Å². The normalized spacial score (nSPS) is 16.1. The van der Waals surface area contributed by atoms with Gasteiger partial charge in [0.2, 0.25) is 5.91 Å². The highest BCUT2D eigenvalue weighted by Gasteiger charge is 2.20. The van der Waals surface area contributed by atoms with E-state index >= 15 is 0 Å². The van der Waals surface area contributed by atoms with Crippen LogP contribution >= 0.6 is 0 Å². The molecule has 0 radical (unpaired) electrons. The summed E-state index contributed by atoms with van der Waals surface area (Å²) in [4.78, 5) is 34.2. The number of carbonyl (C=O) groups is 1. The van der Waals surface area contributed by atoms with Crippen LogP contribution in [0.1, 0.15) is 0 Å². The number of anilines is 1. The number of hydrogen-bond acceptors (Lipinski definition) is 6. The molecule has 1 fully saturated rings. The number of carbonyl (C=O) groups excluding carboxylic acids is 1. The lowest BCUT2D eigenvalue weighted by molar-refractivity contribution is -0.118. The van der Waals surface area contributed by atoms with Crippen LogP contribution in [0.2, 0.25) is 0 Å². The van der Waals surface area contributed by atoms with E-state index in [2.05, 4.69) is 30.2 Å². The number of pyridine rings is 2. The highest BCUT2D eigenvalue weighted by atomic mass is 16.2. The topological polar surface area (TPSA) is 84.6 Å². The smallest absolute Gasteiger partial charge is 0.256 e. The summed E-state index contributed by atoms with van der Waals surface area (Å²) in [6.45, 7) is 3.85. The van der Waals surface area contributed by atoms with Crippen LogP contribution in [0, 0.1) is 0 Å². The van der Waals surface area contributed by atoms with Crippen LogP contribution in [0.5, 0.6) is 0 Å². The van der Waals surface area contributed by atoms with Gasteiger partial charge in [0, 0.05) is 51.0 Å². The summed E-state index contributed by atoms with van der Waals surface area (Å²) in [7, 11) is 4.06. The van der Waals surface area contributed by atoms with Gasteiger partial charge in [-0.05, 0) is 12.1 Å². The van der Waals surface area contributed by atoms with Gasteiger partial charge in [-0.3, -0.25) is 19.5 Å². The molecule has 146 valence electrons. The maximum atomic E-state index is 12.4. The molecule has 0 saturated carbocycles. The zero-order valence-electron chi connectivity index (χ0n) is 16.1. The Labute approximate surface area is 162 Å². The van der Waals surface area contributed by atoms with Gasteiger partial charge in [0.05, 0.1) is 29.5 Å². The van der Waals surface area contributed by atoms with Gasteiger partial charge >= 0.3 is 0 Å². The van der Waals surface area contributed by atoms with Crippen molar-refractivity contribution in [1.29, 1.82) is 0 Å². The van der Waals surface area contributed by atoms with E-state index < -0.39 is 0 Å². The van der Waals surface area contributed by atoms with Crippen LogP contribution in [0.3, 0.4) is 0 Å². The van der Waals surface area contributed by atoms with Gasteiger partial charge in [-0.2, -0.15) is 0 Å². The highest BCUT2D eigenvalue weighted by Crippen LogP contribution is 2.21. The minimum absolute atomic E-state index is 0.0809. The van der Waals surface area contributed by atoms with Gasteiger partial charge < -0.3 is 10.3 Å². The van der Waals surface area contributed by atoms with E-state index in [1.54, 1.807) is 18.3 Å². The fourth-order valence-corrected chi connectivity index (χ4v) is 3.62. The van der Waals surface area contributed by atoms with E-state index in [0.717, 1.165) is 31.6 Å². The predicted molar refractivity (Wildman–Crippen MR) is 110 cm³/mol. The highest BCUT2D eigenvalue weighted by molar-refractivity contribution is 6.04. The average Bonchev–Trinajstić information content (AvgIpc) is 2.68. The number of hydrogen-bond donors (Lipinski definition) is 2. The molecule has 0 atom stereocenters. The molecule has 1 saturated heterocycles. The zero-order chi connectivity index (χ0) is 19.7. The summed E-state index contributed by atoms with van der Waals surface area (Å²) in [6, 6.07) is 9.13. The molecule has 28 heavy (non-hydrogen) atoms. The third-order valence-corrected chi connectivity index (χ3v) is 5.13. The first-order valence-electron chi connectivity index (χ1n) is 9.36. The number of aromatic nitrogens is 2. The van der Waals surface area contributed by atoms with Crippen molar-refractivity contribution < 1.29 is 4.79 Å². The van der Waals surface area contributed by atoms with Gasteiger partial charge in [0.25, 0.3) is 5.56 Å². The number of rotatable bonds is 4. The van der Waals surface area contributed by atoms with E-state index in [9.17, 15) is 9.59 Å². The van der Waals surface area contributed by atoms with E-state index in [1.165, 1.54) is 0 Å². The summed E-state index contributed by atoms with van der Waals surface area (Å²) in [5.41, 5.74) is 1.75. The van der Waals surface area contributed by atoms with Crippen molar-refractivity contribution >= 4 is 33.4 Å². The number of nitrogens with one attached hydrogen (secondary N) is 2. The summed E-state index contributed by atoms with van der Waals surface area (Å²) in [6.07, 6.45) is 1.63. The molecule has 8 nitrogen and oxygen atoms in total. The number of nitrogens with zero attached hydrogens (tertiary/aromatic N) is 4. The average molecular weight is 380 g/mol. The van der Waals surface area contributed by atoms with Crippen molar-refractivity contribution in [2.75, 3.05) is 52.1 Å². The van der Waals surface area contributed by atoms with Crippen molar-refractivity contribution in [1.82, 2.24) is 24.9 Å².